The summed E-state index contributed by atoms with van der Waals surface area (Å²) in [6.45, 7) is 0.586. The summed E-state index contributed by atoms with van der Waals surface area (Å²) in [6, 6.07) is 1.83. The van der Waals surface area contributed by atoms with Gasteiger partial charge >= 0.3 is 13.1 Å². The average molecular weight is 361 g/mol. The van der Waals surface area contributed by atoms with Crippen LogP contribution in [0.1, 0.15) is 36.1 Å². The predicted octanol–water partition coefficient (Wildman–Crippen LogP) is 0.171. The topological polar surface area (TPSA) is 149 Å². The first-order valence-electron chi connectivity index (χ1n) is 8.53. The van der Waals surface area contributed by atoms with E-state index in [9.17, 15) is 14.6 Å². The SMILES string of the molecule is NCc1cc(CC(=O)C[C@H]2CC=C[C@H](CC(=O)O)OB2O)cnc1CN. The number of carbonyl (C=O) groups is 2. The molecule has 0 spiro atoms. The number of hydrogen-bond donors (Lipinski definition) is 4. The third kappa shape index (κ3) is 5.74. The van der Waals surface area contributed by atoms with Crippen LogP contribution in [0.3, 0.4) is 0 Å². The highest BCUT2D eigenvalue weighted by atomic mass is 16.5. The van der Waals surface area contributed by atoms with Crippen LogP contribution in [0, 0.1) is 0 Å². The number of carbonyl (C=O) groups excluding carboxylic acids is 1. The number of carboxylic acid groups (broad SMARTS) is 1. The summed E-state index contributed by atoms with van der Waals surface area (Å²) >= 11 is 0. The fraction of sp³-hybridized carbons (Fsp3) is 0.471. The molecule has 1 aromatic heterocycles. The van der Waals surface area contributed by atoms with E-state index < -0.39 is 25.0 Å². The molecule has 2 heterocycles. The number of nitrogens with zero attached hydrogens (tertiary/aromatic N) is 1. The zero-order chi connectivity index (χ0) is 19.1. The molecule has 1 aromatic rings. The Kier molecular flexibility index (Phi) is 7.46. The fourth-order valence-corrected chi connectivity index (χ4v) is 2.97. The van der Waals surface area contributed by atoms with Crippen LogP contribution in [0.2, 0.25) is 5.82 Å². The number of ketones is 1. The Morgan fingerprint density at radius 2 is 2.08 bits per heavy atom. The van der Waals surface area contributed by atoms with E-state index >= 15 is 0 Å². The summed E-state index contributed by atoms with van der Waals surface area (Å²) < 4.78 is 5.35. The maximum atomic E-state index is 12.4. The van der Waals surface area contributed by atoms with Gasteiger partial charge in [-0.2, -0.15) is 0 Å². The second-order valence-electron chi connectivity index (χ2n) is 6.36. The van der Waals surface area contributed by atoms with Crippen LogP contribution < -0.4 is 11.5 Å². The molecule has 140 valence electrons. The van der Waals surface area contributed by atoms with Crippen molar-refractivity contribution < 1.29 is 24.4 Å². The van der Waals surface area contributed by atoms with Gasteiger partial charge in [-0.25, -0.2) is 0 Å². The maximum absolute atomic E-state index is 12.4. The van der Waals surface area contributed by atoms with Crippen LogP contribution in [0.25, 0.3) is 0 Å². The molecule has 0 bridgehead atoms. The van der Waals surface area contributed by atoms with Gasteiger partial charge in [-0.1, -0.05) is 18.2 Å². The second kappa shape index (κ2) is 9.58. The van der Waals surface area contributed by atoms with E-state index in [1.807, 2.05) is 6.07 Å². The molecule has 0 aliphatic carbocycles. The molecule has 1 aliphatic rings. The van der Waals surface area contributed by atoms with E-state index in [1.54, 1.807) is 18.3 Å². The van der Waals surface area contributed by atoms with Gasteiger partial charge < -0.3 is 26.3 Å². The third-order valence-corrected chi connectivity index (χ3v) is 4.30. The largest absolute Gasteiger partial charge is 0.481 e. The Morgan fingerprint density at radius 1 is 1.31 bits per heavy atom. The number of pyridine rings is 1. The van der Waals surface area contributed by atoms with Gasteiger partial charge in [-0.05, 0) is 17.5 Å². The molecular formula is C17H24BN3O5. The first kappa shape index (κ1) is 20.2. The molecule has 0 aromatic carbocycles. The molecule has 0 radical (unpaired) electrons. The molecule has 0 amide bonds. The van der Waals surface area contributed by atoms with Crippen molar-refractivity contribution in [1.29, 1.82) is 0 Å². The molecule has 0 saturated heterocycles. The molecule has 2 rings (SSSR count). The normalized spacial score (nSPS) is 20.0. The summed E-state index contributed by atoms with van der Waals surface area (Å²) in [7, 11) is -1.18. The summed E-state index contributed by atoms with van der Waals surface area (Å²) in [5, 5.41) is 19.0. The molecule has 6 N–H and O–H groups in total. The lowest BCUT2D eigenvalue weighted by molar-refractivity contribution is -0.138. The minimum absolute atomic E-state index is 0.0620. The van der Waals surface area contributed by atoms with E-state index in [0.29, 0.717) is 18.7 Å². The van der Waals surface area contributed by atoms with Crippen molar-refractivity contribution in [2.75, 3.05) is 0 Å². The predicted molar refractivity (Wildman–Crippen MR) is 96.0 cm³/mol. The van der Waals surface area contributed by atoms with Crippen molar-refractivity contribution in [2.24, 2.45) is 11.5 Å². The molecule has 8 nitrogen and oxygen atoms in total. The minimum Gasteiger partial charge on any atom is -0.481 e. The van der Waals surface area contributed by atoms with Crippen molar-refractivity contribution in [1.82, 2.24) is 4.98 Å². The average Bonchev–Trinajstić information content (AvgIpc) is 2.75. The third-order valence-electron chi connectivity index (χ3n) is 4.30. The van der Waals surface area contributed by atoms with Crippen molar-refractivity contribution in [2.45, 2.75) is 50.7 Å². The maximum Gasteiger partial charge on any atom is 0.458 e. The highest BCUT2D eigenvalue weighted by Crippen LogP contribution is 2.26. The van der Waals surface area contributed by atoms with Crippen LogP contribution in [0.5, 0.6) is 0 Å². The van der Waals surface area contributed by atoms with Gasteiger partial charge in [0, 0.05) is 37.9 Å². The Morgan fingerprint density at radius 3 is 2.73 bits per heavy atom. The standard InChI is InChI=1S/C17H24BN3O5/c19-8-12-4-11(10-21-16(12)9-20)5-14(22)6-13-2-1-3-15(7-17(23)24)26-18(13)25/h1,3-4,10,13,15,25H,2,5-9,19-20H2,(H,23,24)/t13-,15-/m1/s1. The van der Waals surface area contributed by atoms with Crippen molar-refractivity contribution >= 4 is 18.9 Å². The highest BCUT2D eigenvalue weighted by molar-refractivity contribution is 6.45. The number of nitrogens with two attached hydrogens (primary N) is 2. The highest BCUT2D eigenvalue weighted by Gasteiger charge is 2.32. The number of aliphatic carboxylic acids is 1. The summed E-state index contributed by atoms with van der Waals surface area (Å²) in [5.74, 6) is -1.48. The van der Waals surface area contributed by atoms with Gasteiger partial charge in [0.2, 0.25) is 0 Å². The van der Waals surface area contributed by atoms with Crippen LogP contribution >= 0.6 is 0 Å². The molecule has 0 saturated carbocycles. The van der Waals surface area contributed by atoms with Crippen molar-refractivity contribution in [3.05, 3.63) is 41.2 Å². The first-order valence-corrected chi connectivity index (χ1v) is 8.53. The molecule has 2 atom stereocenters. The Hall–Kier alpha value is -2.07. The fourth-order valence-electron chi connectivity index (χ4n) is 2.97. The molecule has 26 heavy (non-hydrogen) atoms. The number of rotatable bonds is 8. The van der Waals surface area contributed by atoms with Crippen LogP contribution in [-0.4, -0.2) is 40.1 Å². The van der Waals surface area contributed by atoms with Gasteiger partial charge in [0.15, 0.2) is 0 Å². The second-order valence-corrected chi connectivity index (χ2v) is 6.36. The van der Waals surface area contributed by atoms with Gasteiger partial charge in [0.25, 0.3) is 0 Å². The Balaban J connectivity index is 1.95. The number of aromatic nitrogens is 1. The molecule has 0 unspecified atom stereocenters. The van der Waals surface area contributed by atoms with Gasteiger partial charge in [-0.15, -0.1) is 0 Å². The monoisotopic (exact) mass is 361 g/mol. The van der Waals surface area contributed by atoms with Crippen molar-refractivity contribution in [3.63, 3.8) is 0 Å². The smallest absolute Gasteiger partial charge is 0.458 e. The van der Waals surface area contributed by atoms with Crippen LogP contribution in [0.4, 0.5) is 0 Å². The first-order chi connectivity index (χ1) is 12.4. The Labute approximate surface area is 152 Å². The molecule has 0 fully saturated rings. The van der Waals surface area contributed by atoms with Gasteiger partial charge in [0.05, 0.1) is 18.2 Å². The molecule has 1 aliphatic heterocycles. The number of allylic oxidation sites excluding steroid dienone is 1. The zero-order valence-corrected chi connectivity index (χ0v) is 14.5. The number of hydrogen-bond acceptors (Lipinski definition) is 7. The number of Topliss-reactive ketones (excluding diaryl/α,β-unsaturated/α-hetero) is 1. The Bertz CT molecular complexity index is 682. The van der Waals surface area contributed by atoms with E-state index in [4.69, 9.17) is 21.2 Å². The molecular weight excluding hydrogens is 337 g/mol. The quantitative estimate of drug-likeness (QED) is 0.378. The van der Waals surface area contributed by atoms with Crippen molar-refractivity contribution in [3.8, 4) is 0 Å². The summed E-state index contributed by atoms with van der Waals surface area (Å²) in [4.78, 5) is 27.4. The summed E-state index contributed by atoms with van der Waals surface area (Å²) in [6.07, 6.45) is 4.82. The zero-order valence-electron chi connectivity index (χ0n) is 14.5. The van der Waals surface area contributed by atoms with E-state index in [1.165, 1.54) is 0 Å². The lowest BCUT2D eigenvalue weighted by atomic mass is 9.67. The van der Waals surface area contributed by atoms with E-state index in [-0.39, 0.29) is 31.6 Å². The van der Waals surface area contributed by atoms with Gasteiger partial charge in [0.1, 0.15) is 5.78 Å². The van der Waals surface area contributed by atoms with E-state index in [0.717, 1.165) is 11.1 Å². The minimum atomic E-state index is -1.18. The number of carboxylic acids is 1. The lowest BCUT2D eigenvalue weighted by Gasteiger charge is -2.18. The van der Waals surface area contributed by atoms with Crippen LogP contribution in [-0.2, 0) is 33.8 Å². The molecule has 9 heteroatoms. The summed E-state index contributed by atoms with van der Waals surface area (Å²) in [5.41, 5.74) is 13.6. The van der Waals surface area contributed by atoms with Crippen LogP contribution in [0.15, 0.2) is 24.4 Å². The van der Waals surface area contributed by atoms with Gasteiger partial charge in [-0.3, -0.25) is 14.6 Å². The lowest BCUT2D eigenvalue weighted by Crippen LogP contribution is -2.30. The van der Waals surface area contributed by atoms with E-state index in [2.05, 4.69) is 4.98 Å².